The lowest BCUT2D eigenvalue weighted by molar-refractivity contribution is 0.396. The van der Waals surface area contributed by atoms with E-state index < -0.39 is 5.38 Å². The summed E-state index contributed by atoms with van der Waals surface area (Å²) in [5, 5.41) is 20.0. The molecule has 0 radical (unpaired) electrons. The van der Waals surface area contributed by atoms with Gasteiger partial charge in [0.25, 0.3) is 0 Å². The molecule has 2 aromatic carbocycles. The third kappa shape index (κ3) is 2.56. The number of benzene rings is 2. The first kappa shape index (κ1) is 15.3. The van der Waals surface area contributed by atoms with Crippen LogP contribution in [0.5, 0.6) is 11.5 Å². The van der Waals surface area contributed by atoms with Gasteiger partial charge in [-0.15, -0.1) is 11.6 Å². The van der Waals surface area contributed by atoms with Crippen molar-refractivity contribution in [3.8, 4) is 11.5 Å². The molecule has 0 aromatic heterocycles. The first-order valence-electron chi connectivity index (χ1n) is 5.94. The number of rotatable bonds is 2. The van der Waals surface area contributed by atoms with Crippen LogP contribution in [-0.2, 0) is 0 Å². The Balaban J connectivity index is 2.60. The van der Waals surface area contributed by atoms with Crippen molar-refractivity contribution in [3.63, 3.8) is 0 Å². The van der Waals surface area contributed by atoms with Gasteiger partial charge in [-0.05, 0) is 36.6 Å². The van der Waals surface area contributed by atoms with Crippen LogP contribution >= 0.6 is 34.8 Å². The quantitative estimate of drug-likeness (QED) is 0.575. The zero-order valence-corrected chi connectivity index (χ0v) is 13.2. The number of phenolic OH excluding ortho intramolecular Hbond substituents is 2. The van der Waals surface area contributed by atoms with E-state index in [0.717, 1.165) is 5.56 Å². The van der Waals surface area contributed by atoms with Crippen LogP contribution in [0.1, 0.15) is 27.6 Å². The molecule has 106 valence electrons. The van der Waals surface area contributed by atoms with E-state index in [1.54, 1.807) is 31.2 Å². The molecule has 2 rings (SSSR count). The lowest BCUT2D eigenvalue weighted by Crippen LogP contribution is -1.98. The van der Waals surface area contributed by atoms with Crippen LogP contribution in [0.25, 0.3) is 0 Å². The number of alkyl halides is 1. The molecule has 0 saturated carbocycles. The second-order valence-electron chi connectivity index (χ2n) is 4.61. The Hall–Kier alpha value is -1.09. The van der Waals surface area contributed by atoms with Gasteiger partial charge in [-0.2, -0.15) is 0 Å². The molecule has 0 saturated heterocycles. The summed E-state index contributed by atoms with van der Waals surface area (Å²) in [4.78, 5) is 0. The summed E-state index contributed by atoms with van der Waals surface area (Å²) >= 11 is 18.5. The summed E-state index contributed by atoms with van der Waals surface area (Å²) in [5.41, 5.74) is 2.43. The lowest BCUT2D eigenvalue weighted by atomic mass is 9.98. The van der Waals surface area contributed by atoms with Crippen LogP contribution in [-0.4, -0.2) is 10.2 Å². The van der Waals surface area contributed by atoms with E-state index in [9.17, 15) is 10.2 Å². The lowest BCUT2D eigenvalue weighted by Gasteiger charge is -2.17. The summed E-state index contributed by atoms with van der Waals surface area (Å²) in [6.07, 6.45) is 0. The minimum atomic E-state index is -0.702. The van der Waals surface area contributed by atoms with E-state index in [0.29, 0.717) is 26.7 Å². The minimum Gasteiger partial charge on any atom is -0.504 e. The van der Waals surface area contributed by atoms with E-state index in [1.807, 2.05) is 6.92 Å². The van der Waals surface area contributed by atoms with Crippen LogP contribution < -0.4 is 0 Å². The van der Waals surface area contributed by atoms with Crippen LogP contribution in [0.3, 0.4) is 0 Å². The molecule has 0 spiro atoms. The molecule has 1 unspecified atom stereocenters. The van der Waals surface area contributed by atoms with Crippen molar-refractivity contribution in [3.05, 3.63) is 56.6 Å². The first-order chi connectivity index (χ1) is 9.34. The van der Waals surface area contributed by atoms with E-state index in [2.05, 4.69) is 0 Å². The van der Waals surface area contributed by atoms with Crippen molar-refractivity contribution >= 4 is 34.8 Å². The fraction of sp³-hybridized carbons (Fsp3) is 0.200. The van der Waals surface area contributed by atoms with Crippen LogP contribution in [0.4, 0.5) is 0 Å². The summed E-state index contributed by atoms with van der Waals surface area (Å²) < 4.78 is 0. The van der Waals surface area contributed by atoms with Gasteiger partial charge in [0.1, 0.15) is 0 Å². The maximum atomic E-state index is 10.1. The number of aryl methyl sites for hydroxylation is 1. The maximum absolute atomic E-state index is 10.1. The van der Waals surface area contributed by atoms with E-state index >= 15 is 0 Å². The van der Waals surface area contributed by atoms with E-state index in [4.69, 9.17) is 34.8 Å². The number of hydrogen-bond donors (Lipinski definition) is 2. The van der Waals surface area contributed by atoms with Gasteiger partial charge in [-0.1, -0.05) is 41.4 Å². The van der Waals surface area contributed by atoms with Gasteiger partial charge >= 0.3 is 0 Å². The predicted molar refractivity (Wildman–Crippen MR) is 83.4 cm³/mol. The Morgan fingerprint density at radius 2 is 1.65 bits per heavy atom. The van der Waals surface area contributed by atoms with E-state index in [1.165, 1.54) is 0 Å². The first-order valence-corrected chi connectivity index (χ1v) is 7.13. The van der Waals surface area contributed by atoms with Crippen molar-refractivity contribution in [1.82, 2.24) is 0 Å². The Bertz CT molecular complexity index is 669. The third-order valence-electron chi connectivity index (χ3n) is 3.34. The zero-order chi connectivity index (χ0) is 15.0. The summed E-state index contributed by atoms with van der Waals surface area (Å²) in [6.45, 7) is 3.56. The molecule has 1 atom stereocenters. The van der Waals surface area contributed by atoms with Crippen molar-refractivity contribution in [2.24, 2.45) is 0 Å². The SMILES string of the molecule is Cc1cc(C(Cl)c2cccc(Cl)c2Cl)c(O)c(O)c1C. The minimum absolute atomic E-state index is 0.163. The highest BCUT2D eigenvalue weighted by Gasteiger charge is 2.22. The third-order valence-corrected chi connectivity index (χ3v) is 4.65. The number of halogens is 3. The predicted octanol–water partition coefficient (Wildman–Crippen LogP) is 5.35. The largest absolute Gasteiger partial charge is 0.504 e. The van der Waals surface area contributed by atoms with Crippen LogP contribution in [0, 0.1) is 13.8 Å². The maximum Gasteiger partial charge on any atom is 0.162 e. The highest BCUT2D eigenvalue weighted by Crippen LogP contribution is 2.44. The second-order valence-corrected chi connectivity index (χ2v) is 5.83. The van der Waals surface area contributed by atoms with Gasteiger partial charge < -0.3 is 10.2 Å². The second kappa shape index (κ2) is 5.72. The summed E-state index contributed by atoms with van der Waals surface area (Å²) in [6, 6.07) is 6.86. The molecular formula is C15H13Cl3O2. The molecule has 0 aliphatic rings. The molecule has 0 aliphatic carbocycles. The monoisotopic (exact) mass is 330 g/mol. The number of phenols is 2. The van der Waals surface area contributed by atoms with Crippen molar-refractivity contribution in [2.45, 2.75) is 19.2 Å². The smallest absolute Gasteiger partial charge is 0.162 e. The van der Waals surface area contributed by atoms with Gasteiger partial charge in [-0.25, -0.2) is 0 Å². The molecule has 2 aromatic rings. The standard InChI is InChI=1S/C15H13Cl3O2/c1-7-6-10(15(20)14(19)8(7)2)12(17)9-4-3-5-11(16)13(9)18/h3-6,12,19-20H,1-2H3. The highest BCUT2D eigenvalue weighted by molar-refractivity contribution is 6.43. The molecular weight excluding hydrogens is 319 g/mol. The topological polar surface area (TPSA) is 40.5 Å². The number of aromatic hydroxyl groups is 2. The molecule has 0 bridgehead atoms. The Labute approximate surface area is 132 Å². The van der Waals surface area contributed by atoms with Gasteiger partial charge in [0.2, 0.25) is 0 Å². The van der Waals surface area contributed by atoms with Crippen molar-refractivity contribution < 1.29 is 10.2 Å². The van der Waals surface area contributed by atoms with Gasteiger partial charge in [-0.3, -0.25) is 0 Å². The molecule has 0 fully saturated rings. The average molecular weight is 332 g/mol. The Morgan fingerprint density at radius 3 is 2.30 bits per heavy atom. The van der Waals surface area contributed by atoms with E-state index in [-0.39, 0.29) is 11.5 Å². The molecule has 0 heterocycles. The van der Waals surface area contributed by atoms with Crippen LogP contribution in [0.15, 0.2) is 24.3 Å². The Morgan fingerprint density at radius 1 is 1.00 bits per heavy atom. The molecule has 0 amide bonds. The Kier molecular flexibility index (Phi) is 4.38. The molecule has 0 aliphatic heterocycles. The van der Waals surface area contributed by atoms with Crippen molar-refractivity contribution in [2.75, 3.05) is 0 Å². The summed E-state index contributed by atoms with van der Waals surface area (Å²) in [7, 11) is 0. The molecule has 20 heavy (non-hydrogen) atoms. The number of hydrogen-bond acceptors (Lipinski definition) is 2. The summed E-state index contributed by atoms with van der Waals surface area (Å²) in [5.74, 6) is -0.395. The fourth-order valence-electron chi connectivity index (χ4n) is 1.99. The fourth-order valence-corrected chi connectivity index (χ4v) is 2.81. The zero-order valence-electron chi connectivity index (χ0n) is 10.9. The van der Waals surface area contributed by atoms with Gasteiger partial charge in [0, 0.05) is 5.56 Å². The molecule has 2 nitrogen and oxygen atoms in total. The normalized spacial score (nSPS) is 12.4. The van der Waals surface area contributed by atoms with Gasteiger partial charge in [0.15, 0.2) is 11.5 Å². The van der Waals surface area contributed by atoms with Crippen molar-refractivity contribution in [1.29, 1.82) is 0 Å². The molecule has 5 heteroatoms. The average Bonchev–Trinajstić information content (AvgIpc) is 2.43. The molecule has 2 N–H and O–H groups in total. The highest BCUT2D eigenvalue weighted by atomic mass is 35.5. The van der Waals surface area contributed by atoms with Crippen LogP contribution in [0.2, 0.25) is 10.0 Å². The van der Waals surface area contributed by atoms with Gasteiger partial charge in [0.05, 0.1) is 15.4 Å².